The van der Waals surface area contributed by atoms with Crippen molar-refractivity contribution in [2.45, 2.75) is 31.9 Å². The van der Waals surface area contributed by atoms with E-state index in [1.165, 1.54) is 19.1 Å². The Hall–Kier alpha value is -2.63. The van der Waals surface area contributed by atoms with Crippen LogP contribution in [0, 0.1) is 6.92 Å². The number of hydrazine groups is 1. The number of carbonyl (C=O) groups excluding carboxylic acids is 2. The lowest BCUT2D eigenvalue weighted by atomic mass is 9.91. The molecule has 0 bridgehead atoms. The van der Waals surface area contributed by atoms with Gasteiger partial charge < -0.3 is 5.32 Å². The number of halogens is 9. The average molecular weight is 591 g/mol. The summed E-state index contributed by atoms with van der Waals surface area (Å²) >= 11 is 17.7. The number of benzene rings is 2. The van der Waals surface area contributed by atoms with Gasteiger partial charge in [0.25, 0.3) is 11.8 Å². The van der Waals surface area contributed by atoms with Gasteiger partial charge in [0.05, 0.1) is 21.0 Å². The molecule has 2 aromatic rings. The molecular formula is C23H20Cl3F6N3O2. The molecule has 0 heterocycles. The number of urea groups is 1. The van der Waals surface area contributed by atoms with Gasteiger partial charge in [-0.3, -0.25) is 10.2 Å². The Bertz CT molecular complexity index is 1190. The van der Waals surface area contributed by atoms with Crippen molar-refractivity contribution < 1.29 is 35.9 Å². The zero-order valence-electron chi connectivity index (χ0n) is 19.4. The highest BCUT2D eigenvalue weighted by Gasteiger charge is 2.35. The zero-order valence-corrected chi connectivity index (χ0v) is 21.7. The van der Waals surface area contributed by atoms with Gasteiger partial charge in [0.15, 0.2) is 0 Å². The highest BCUT2D eigenvalue weighted by molar-refractivity contribution is 6.48. The van der Waals surface area contributed by atoms with Gasteiger partial charge in [0, 0.05) is 25.1 Å². The SMILES string of the molecule is Cc1cc(/C(F)=C/C(c2cc(Cl)c(Cl)c(Cl)c2)C(C)(F)F)ccc1C(=O)NN(C)C(=O)NCC(F)(F)F. The van der Waals surface area contributed by atoms with Crippen LogP contribution in [0.2, 0.25) is 15.1 Å². The number of rotatable bonds is 6. The van der Waals surface area contributed by atoms with E-state index in [4.69, 9.17) is 34.8 Å². The molecule has 0 aromatic heterocycles. The molecule has 0 saturated heterocycles. The number of hydrogen-bond acceptors (Lipinski definition) is 2. The van der Waals surface area contributed by atoms with E-state index in [0.29, 0.717) is 18.0 Å². The largest absolute Gasteiger partial charge is 0.405 e. The lowest BCUT2D eigenvalue weighted by Gasteiger charge is -2.22. The van der Waals surface area contributed by atoms with E-state index in [-0.39, 0.29) is 37.3 Å². The van der Waals surface area contributed by atoms with E-state index in [9.17, 15) is 31.5 Å². The average Bonchev–Trinajstić information content (AvgIpc) is 2.77. The Morgan fingerprint density at radius 3 is 2.11 bits per heavy atom. The number of carbonyl (C=O) groups is 2. The van der Waals surface area contributed by atoms with Crippen LogP contribution in [0.1, 0.15) is 39.9 Å². The van der Waals surface area contributed by atoms with Crippen LogP contribution in [0.5, 0.6) is 0 Å². The maximum atomic E-state index is 15.1. The molecule has 2 aromatic carbocycles. The van der Waals surface area contributed by atoms with Crippen LogP contribution in [-0.2, 0) is 0 Å². The Morgan fingerprint density at radius 2 is 1.62 bits per heavy atom. The van der Waals surface area contributed by atoms with E-state index < -0.39 is 42.3 Å². The summed E-state index contributed by atoms with van der Waals surface area (Å²) in [4.78, 5) is 24.2. The van der Waals surface area contributed by atoms with Crippen molar-refractivity contribution in [1.29, 1.82) is 0 Å². The van der Waals surface area contributed by atoms with Gasteiger partial charge in [0.1, 0.15) is 12.4 Å². The fourth-order valence-corrected chi connectivity index (χ4v) is 3.77. The first-order valence-electron chi connectivity index (χ1n) is 10.3. The summed E-state index contributed by atoms with van der Waals surface area (Å²) in [7, 11) is 1.02. The van der Waals surface area contributed by atoms with Crippen molar-refractivity contribution in [2.75, 3.05) is 13.6 Å². The van der Waals surface area contributed by atoms with E-state index in [1.54, 1.807) is 5.32 Å². The van der Waals surface area contributed by atoms with Crippen LogP contribution in [0.4, 0.5) is 31.1 Å². The fourth-order valence-electron chi connectivity index (χ4n) is 3.16. The van der Waals surface area contributed by atoms with E-state index >= 15 is 4.39 Å². The molecule has 3 amide bonds. The van der Waals surface area contributed by atoms with Gasteiger partial charge in [-0.05, 0) is 48.4 Å². The molecule has 1 unspecified atom stereocenters. The molecule has 0 saturated carbocycles. The van der Waals surface area contributed by atoms with Crippen LogP contribution >= 0.6 is 34.8 Å². The zero-order chi connectivity index (χ0) is 28.3. The molecule has 202 valence electrons. The van der Waals surface area contributed by atoms with Crippen molar-refractivity contribution in [3.8, 4) is 0 Å². The van der Waals surface area contributed by atoms with Gasteiger partial charge in [-0.25, -0.2) is 23.0 Å². The summed E-state index contributed by atoms with van der Waals surface area (Å²) < 4.78 is 80.6. The topological polar surface area (TPSA) is 61.4 Å². The third-order valence-corrected chi connectivity index (χ3v) is 6.18. The normalized spacial score (nSPS) is 13.2. The lowest BCUT2D eigenvalue weighted by Crippen LogP contribution is -2.50. The molecule has 0 aliphatic carbocycles. The molecule has 0 spiro atoms. The molecule has 2 N–H and O–H groups in total. The quantitative estimate of drug-likeness (QED) is 0.207. The maximum absolute atomic E-state index is 15.1. The number of amides is 3. The van der Waals surface area contributed by atoms with Gasteiger partial charge in [-0.1, -0.05) is 40.9 Å². The maximum Gasteiger partial charge on any atom is 0.405 e. The second-order valence-electron chi connectivity index (χ2n) is 8.05. The lowest BCUT2D eigenvalue weighted by molar-refractivity contribution is -0.123. The summed E-state index contributed by atoms with van der Waals surface area (Å²) in [6.07, 6.45) is -3.96. The van der Waals surface area contributed by atoms with Gasteiger partial charge in [0.2, 0.25) is 0 Å². The minimum absolute atomic E-state index is 0.0392. The second-order valence-corrected chi connectivity index (χ2v) is 9.24. The molecule has 14 heteroatoms. The molecule has 0 fully saturated rings. The Labute approximate surface area is 223 Å². The number of aryl methyl sites for hydroxylation is 1. The first-order valence-corrected chi connectivity index (χ1v) is 11.4. The van der Waals surface area contributed by atoms with Gasteiger partial charge in [-0.2, -0.15) is 13.2 Å². The third-order valence-electron chi connectivity index (χ3n) is 4.99. The van der Waals surface area contributed by atoms with Crippen molar-refractivity contribution in [3.05, 3.63) is 73.7 Å². The minimum Gasteiger partial charge on any atom is -0.327 e. The highest BCUT2D eigenvalue weighted by Crippen LogP contribution is 2.41. The molecular weight excluding hydrogens is 571 g/mol. The van der Waals surface area contributed by atoms with E-state index in [2.05, 4.69) is 5.43 Å². The van der Waals surface area contributed by atoms with Crippen molar-refractivity contribution in [1.82, 2.24) is 15.8 Å². The standard InChI is InChI=1S/C23H20Cl3F6N3O2/c1-11-6-12(4-5-14(11)20(36)34-35(3)21(37)33-10-23(30,31)32)18(27)9-15(22(2,28)29)13-7-16(24)19(26)17(25)8-13/h4-9,15H,10H2,1-3H3,(H,33,37)(H,34,36)/b18-9-. The predicted octanol–water partition coefficient (Wildman–Crippen LogP) is 7.55. The Morgan fingerprint density at radius 1 is 1.05 bits per heavy atom. The van der Waals surface area contributed by atoms with Crippen LogP contribution in [0.25, 0.3) is 5.83 Å². The first kappa shape index (κ1) is 30.6. The number of hydrogen-bond donors (Lipinski definition) is 2. The third kappa shape index (κ3) is 8.44. The second kappa shape index (κ2) is 11.8. The summed E-state index contributed by atoms with van der Waals surface area (Å²) in [6, 6.07) is 4.61. The predicted molar refractivity (Wildman–Crippen MR) is 130 cm³/mol. The molecule has 37 heavy (non-hydrogen) atoms. The monoisotopic (exact) mass is 589 g/mol. The van der Waals surface area contributed by atoms with Crippen LogP contribution < -0.4 is 10.7 Å². The van der Waals surface area contributed by atoms with Crippen LogP contribution in [-0.4, -0.2) is 42.6 Å². The number of alkyl halides is 5. The molecule has 1 atom stereocenters. The van der Waals surface area contributed by atoms with Crippen LogP contribution in [0.3, 0.4) is 0 Å². The Balaban J connectivity index is 2.27. The Kier molecular flexibility index (Phi) is 9.78. The van der Waals surface area contributed by atoms with Crippen molar-refractivity contribution in [2.24, 2.45) is 0 Å². The van der Waals surface area contributed by atoms with E-state index in [0.717, 1.165) is 25.2 Å². The molecule has 0 radical (unpaired) electrons. The number of nitrogens with one attached hydrogen (secondary N) is 2. The molecule has 5 nitrogen and oxygen atoms in total. The highest BCUT2D eigenvalue weighted by atomic mass is 35.5. The molecule has 2 rings (SSSR count). The summed E-state index contributed by atoms with van der Waals surface area (Å²) in [5, 5.41) is 1.87. The van der Waals surface area contributed by atoms with Gasteiger partial charge >= 0.3 is 12.2 Å². The number of allylic oxidation sites excluding steroid dienone is 1. The summed E-state index contributed by atoms with van der Waals surface area (Å²) in [5.74, 6) is -7.11. The summed E-state index contributed by atoms with van der Waals surface area (Å²) in [5.41, 5.74) is 2.02. The molecule has 0 aliphatic heterocycles. The molecule has 0 aliphatic rings. The number of nitrogens with zero attached hydrogens (tertiary/aromatic N) is 1. The summed E-state index contributed by atoms with van der Waals surface area (Å²) in [6.45, 7) is 0.412. The van der Waals surface area contributed by atoms with Crippen molar-refractivity contribution >= 4 is 52.6 Å². The van der Waals surface area contributed by atoms with Gasteiger partial charge in [-0.15, -0.1) is 0 Å². The minimum atomic E-state index is -4.64. The van der Waals surface area contributed by atoms with Crippen molar-refractivity contribution in [3.63, 3.8) is 0 Å². The van der Waals surface area contributed by atoms with E-state index in [1.807, 2.05) is 0 Å². The fraction of sp³-hybridized carbons (Fsp3) is 0.304. The first-order chi connectivity index (χ1) is 16.9. The van der Waals surface area contributed by atoms with Crippen LogP contribution in [0.15, 0.2) is 36.4 Å². The smallest absolute Gasteiger partial charge is 0.327 e.